The first-order valence-electron chi connectivity index (χ1n) is 11.8. The fourth-order valence-electron chi connectivity index (χ4n) is 5.13. The van der Waals surface area contributed by atoms with E-state index in [1.165, 1.54) is 0 Å². The molecular formula is C28H26N2O5. The minimum Gasteiger partial charge on any atom is -0.481 e. The van der Waals surface area contributed by atoms with Gasteiger partial charge in [-0.1, -0.05) is 60.7 Å². The van der Waals surface area contributed by atoms with Gasteiger partial charge in [-0.15, -0.1) is 0 Å². The SMILES string of the molecule is O=C(Nc1ccccc1C(=O)N[C@@H]1CC[C@H](C(=O)O)C1)OCC1c2ccccc2-c2ccccc21. The summed E-state index contributed by atoms with van der Waals surface area (Å²) in [5.74, 6) is -1.68. The van der Waals surface area contributed by atoms with Gasteiger partial charge in [-0.25, -0.2) is 4.79 Å². The number of nitrogens with one attached hydrogen (secondary N) is 2. The van der Waals surface area contributed by atoms with Crippen molar-refractivity contribution in [3.8, 4) is 11.1 Å². The van der Waals surface area contributed by atoms with Crippen molar-refractivity contribution in [3.05, 3.63) is 89.5 Å². The Morgan fingerprint density at radius 1 is 0.857 bits per heavy atom. The zero-order valence-electron chi connectivity index (χ0n) is 19.1. The highest BCUT2D eigenvalue weighted by Gasteiger charge is 2.31. The van der Waals surface area contributed by atoms with Crippen LogP contribution in [0, 0.1) is 5.92 Å². The Bertz CT molecular complexity index is 1240. The first kappa shape index (κ1) is 22.7. The number of hydrogen-bond acceptors (Lipinski definition) is 4. The molecule has 35 heavy (non-hydrogen) atoms. The maximum absolute atomic E-state index is 12.9. The highest BCUT2D eigenvalue weighted by Crippen LogP contribution is 2.44. The van der Waals surface area contributed by atoms with Crippen LogP contribution in [0.1, 0.15) is 46.7 Å². The summed E-state index contributed by atoms with van der Waals surface area (Å²) >= 11 is 0. The number of rotatable bonds is 6. The van der Waals surface area contributed by atoms with E-state index >= 15 is 0 Å². The first-order valence-corrected chi connectivity index (χ1v) is 11.8. The molecule has 2 aliphatic carbocycles. The smallest absolute Gasteiger partial charge is 0.411 e. The molecule has 3 aromatic rings. The number of anilines is 1. The van der Waals surface area contributed by atoms with E-state index in [2.05, 4.69) is 34.9 Å². The third kappa shape index (κ3) is 4.62. The van der Waals surface area contributed by atoms with Gasteiger partial charge in [0.2, 0.25) is 0 Å². The van der Waals surface area contributed by atoms with Gasteiger partial charge in [0, 0.05) is 12.0 Å². The van der Waals surface area contributed by atoms with Crippen LogP contribution in [-0.2, 0) is 9.53 Å². The van der Waals surface area contributed by atoms with Crippen molar-refractivity contribution in [2.24, 2.45) is 5.92 Å². The molecule has 7 nitrogen and oxygen atoms in total. The number of carbonyl (C=O) groups excluding carboxylic acids is 2. The highest BCUT2D eigenvalue weighted by molar-refractivity contribution is 6.02. The van der Waals surface area contributed by atoms with Crippen molar-refractivity contribution in [2.45, 2.75) is 31.2 Å². The van der Waals surface area contributed by atoms with Crippen LogP contribution >= 0.6 is 0 Å². The summed E-state index contributed by atoms with van der Waals surface area (Å²) in [6, 6.07) is 22.7. The molecule has 2 amide bonds. The van der Waals surface area contributed by atoms with Crippen molar-refractivity contribution < 1.29 is 24.2 Å². The molecule has 0 aliphatic heterocycles. The number of carboxylic acid groups (broad SMARTS) is 1. The molecule has 3 aromatic carbocycles. The molecule has 0 spiro atoms. The summed E-state index contributed by atoms with van der Waals surface area (Å²) < 4.78 is 5.61. The Hall–Kier alpha value is -4.13. The maximum Gasteiger partial charge on any atom is 0.411 e. The van der Waals surface area contributed by atoms with Gasteiger partial charge in [-0.3, -0.25) is 14.9 Å². The summed E-state index contributed by atoms with van der Waals surface area (Å²) in [5, 5.41) is 14.8. The lowest BCUT2D eigenvalue weighted by molar-refractivity contribution is -0.141. The van der Waals surface area contributed by atoms with Crippen molar-refractivity contribution in [1.82, 2.24) is 5.32 Å². The molecule has 1 saturated carbocycles. The molecule has 0 radical (unpaired) electrons. The standard InChI is InChI=1S/C28H26N2O5/c31-26(29-18-14-13-17(15-18)27(32)33)23-11-5-6-12-25(23)30-28(34)35-16-24-21-9-3-1-7-19(21)20-8-2-4-10-22(20)24/h1-12,17-18,24H,13-16H2,(H,29,31)(H,30,34)(H,32,33)/t17-,18+/m0/s1. The number of fused-ring (bicyclic) bond motifs is 3. The molecule has 2 aliphatic rings. The van der Waals surface area contributed by atoms with Crippen LogP contribution in [0.15, 0.2) is 72.8 Å². The van der Waals surface area contributed by atoms with Gasteiger partial charge in [0.25, 0.3) is 5.91 Å². The van der Waals surface area contributed by atoms with Crippen LogP contribution in [-0.4, -0.2) is 35.7 Å². The third-order valence-electron chi connectivity index (χ3n) is 6.87. The van der Waals surface area contributed by atoms with Crippen molar-refractivity contribution in [2.75, 3.05) is 11.9 Å². The second-order valence-corrected chi connectivity index (χ2v) is 9.01. The van der Waals surface area contributed by atoms with Crippen LogP contribution in [0.5, 0.6) is 0 Å². The van der Waals surface area contributed by atoms with Crippen molar-refractivity contribution in [1.29, 1.82) is 0 Å². The molecule has 2 atom stereocenters. The van der Waals surface area contributed by atoms with E-state index in [0.29, 0.717) is 30.5 Å². The van der Waals surface area contributed by atoms with Crippen LogP contribution in [0.4, 0.5) is 10.5 Å². The van der Waals surface area contributed by atoms with E-state index in [-0.39, 0.29) is 24.5 Å². The number of aliphatic carboxylic acids is 1. The fourth-order valence-corrected chi connectivity index (χ4v) is 5.13. The first-order chi connectivity index (χ1) is 17.0. The van der Waals surface area contributed by atoms with Crippen molar-refractivity contribution in [3.63, 3.8) is 0 Å². The van der Waals surface area contributed by atoms with E-state index in [9.17, 15) is 19.5 Å². The molecule has 0 bridgehead atoms. The quantitative estimate of drug-likeness (QED) is 0.469. The average Bonchev–Trinajstić information content (AvgIpc) is 3.46. The van der Waals surface area contributed by atoms with Gasteiger partial charge in [0.15, 0.2) is 0 Å². The number of ether oxygens (including phenoxy) is 1. The summed E-state index contributed by atoms with van der Waals surface area (Å²) in [5.41, 5.74) is 5.19. The van der Waals surface area contributed by atoms with Gasteiger partial charge in [-0.2, -0.15) is 0 Å². The van der Waals surface area contributed by atoms with Gasteiger partial charge >= 0.3 is 12.1 Å². The van der Waals surface area contributed by atoms with Crippen LogP contribution < -0.4 is 10.6 Å². The van der Waals surface area contributed by atoms with E-state index in [1.54, 1.807) is 24.3 Å². The number of hydrogen-bond donors (Lipinski definition) is 3. The Morgan fingerprint density at radius 3 is 2.14 bits per heavy atom. The summed E-state index contributed by atoms with van der Waals surface area (Å²) in [6.07, 6.45) is 0.923. The zero-order valence-corrected chi connectivity index (χ0v) is 19.1. The van der Waals surface area contributed by atoms with Crippen LogP contribution in [0.25, 0.3) is 11.1 Å². The molecule has 0 heterocycles. The average molecular weight is 471 g/mol. The Morgan fingerprint density at radius 2 is 1.49 bits per heavy atom. The zero-order chi connectivity index (χ0) is 24.4. The number of benzene rings is 3. The molecule has 7 heteroatoms. The van der Waals surface area contributed by atoms with Gasteiger partial charge in [0.05, 0.1) is 17.2 Å². The fraction of sp³-hybridized carbons (Fsp3) is 0.250. The lowest BCUT2D eigenvalue weighted by Gasteiger charge is -2.17. The molecule has 5 rings (SSSR count). The minimum absolute atomic E-state index is 0.0590. The molecule has 0 unspecified atom stereocenters. The van der Waals surface area contributed by atoms with Gasteiger partial charge in [-0.05, 0) is 53.6 Å². The highest BCUT2D eigenvalue weighted by atomic mass is 16.5. The van der Waals surface area contributed by atoms with E-state index in [0.717, 1.165) is 22.3 Å². The van der Waals surface area contributed by atoms with E-state index in [1.807, 2.05) is 24.3 Å². The largest absolute Gasteiger partial charge is 0.481 e. The number of carbonyl (C=O) groups is 3. The molecule has 0 aromatic heterocycles. The van der Waals surface area contributed by atoms with Crippen LogP contribution in [0.3, 0.4) is 0 Å². The lowest BCUT2D eigenvalue weighted by Crippen LogP contribution is -2.34. The monoisotopic (exact) mass is 470 g/mol. The number of carboxylic acids is 1. The normalized spacial score (nSPS) is 18.4. The predicted octanol–water partition coefficient (Wildman–Crippen LogP) is 5.03. The van der Waals surface area contributed by atoms with Crippen molar-refractivity contribution >= 4 is 23.7 Å². The van der Waals surface area contributed by atoms with E-state index < -0.39 is 18.0 Å². The Kier molecular flexibility index (Phi) is 6.23. The predicted molar refractivity (Wildman–Crippen MR) is 131 cm³/mol. The Balaban J connectivity index is 1.24. The second-order valence-electron chi connectivity index (χ2n) is 9.01. The topological polar surface area (TPSA) is 105 Å². The molecule has 1 fully saturated rings. The lowest BCUT2D eigenvalue weighted by atomic mass is 9.98. The Labute approximate surface area is 203 Å². The molecule has 178 valence electrons. The number of amides is 2. The van der Waals surface area contributed by atoms with Crippen LogP contribution in [0.2, 0.25) is 0 Å². The summed E-state index contributed by atoms with van der Waals surface area (Å²) in [6.45, 7) is 0.173. The maximum atomic E-state index is 12.9. The minimum atomic E-state index is -0.834. The second kappa shape index (κ2) is 9.62. The number of para-hydroxylation sites is 1. The van der Waals surface area contributed by atoms with Gasteiger partial charge in [0.1, 0.15) is 6.61 Å². The van der Waals surface area contributed by atoms with E-state index in [4.69, 9.17) is 4.74 Å². The summed E-state index contributed by atoms with van der Waals surface area (Å²) in [4.78, 5) is 36.8. The van der Waals surface area contributed by atoms with Gasteiger partial charge < -0.3 is 15.2 Å². The summed E-state index contributed by atoms with van der Waals surface area (Å²) in [7, 11) is 0. The molecular weight excluding hydrogens is 444 g/mol. The third-order valence-corrected chi connectivity index (χ3v) is 6.87. The molecule has 3 N–H and O–H groups in total. The molecule has 0 saturated heterocycles.